The van der Waals surface area contributed by atoms with Crippen LogP contribution in [0, 0.1) is 0 Å². The number of benzene rings is 2. The summed E-state index contributed by atoms with van der Waals surface area (Å²) in [6.45, 7) is 0. The minimum atomic E-state index is 0.00861. The first-order valence-corrected chi connectivity index (χ1v) is 7.69. The molecule has 0 aromatic heterocycles. The number of hydrogen-bond donors (Lipinski definition) is 1. The topological polar surface area (TPSA) is 35.2 Å². The van der Waals surface area contributed by atoms with Crippen molar-refractivity contribution in [1.82, 2.24) is 0 Å². The van der Waals surface area contributed by atoms with Gasteiger partial charge in [-0.25, -0.2) is 0 Å². The third kappa shape index (κ3) is 2.71. The van der Waals surface area contributed by atoms with Gasteiger partial charge >= 0.3 is 0 Å². The van der Waals surface area contributed by atoms with Gasteiger partial charge in [0, 0.05) is 27.0 Å². The van der Waals surface area contributed by atoms with Crippen molar-refractivity contribution in [2.75, 3.05) is 0 Å². The van der Waals surface area contributed by atoms with Gasteiger partial charge in [-0.2, -0.15) is 0 Å². The van der Waals surface area contributed by atoms with E-state index in [1.54, 1.807) is 0 Å². The lowest BCUT2D eigenvalue weighted by Gasteiger charge is -2.30. The summed E-state index contributed by atoms with van der Waals surface area (Å²) < 4.78 is 8.16. The van der Waals surface area contributed by atoms with Crippen LogP contribution in [0.3, 0.4) is 0 Å². The molecular formula is C15H13Br2NO. The van der Waals surface area contributed by atoms with E-state index >= 15 is 0 Å². The number of halogens is 2. The molecule has 4 heteroatoms. The van der Waals surface area contributed by atoms with Crippen molar-refractivity contribution in [3.63, 3.8) is 0 Å². The maximum Gasteiger partial charge on any atom is 0.126 e. The molecule has 1 heterocycles. The summed E-state index contributed by atoms with van der Waals surface area (Å²) in [6.07, 6.45) is 0.805. The number of hydrogen-bond acceptors (Lipinski definition) is 2. The Kier molecular flexibility index (Phi) is 3.65. The molecule has 2 nitrogen and oxygen atoms in total. The molecule has 2 aromatic carbocycles. The number of ether oxygens (including phenoxy) is 1. The molecule has 0 saturated carbocycles. The van der Waals surface area contributed by atoms with Crippen molar-refractivity contribution in [3.8, 4) is 5.75 Å². The van der Waals surface area contributed by atoms with Crippen molar-refractivity contribution >= 4 is 31.9 Å². The molecule has 2 atom stereocenters. The molecule has 1 aliphatic rings. The van der Waals surface area contributed by atoms with E-state index < -0.39 is 0 Å². The zero-order valence-corrected chi connectivity index (χ0v) is 13.3. The summed E-state index contributed by atoms with van der Waals surface area (Å²) in [4.78, 5) is 0. The Bertz CT molecular complexity index is 615. The Labute approximate surface area is 129 Å². The summed E-state index contributed by atoms with van der Waals surface area (Å²) in [5, 5.41) is 0. The molecule has 2 aromatic rings. The van der Waals surface area contributed by atoms with Crippen LogP contribution >= 0.6 is 31.9 Å². The minimum Gasteiger partial charge on any atom is -0.485 e. The fourth-order valence-electron chi connectivity index (χ4n) is 2.39. The summed E-state index contributed by atoms with van der Waals surface area (Å²) >= 11 is 6.96. The van der Waals surface area contributed by atoms with Gasteiger partial charge in [-0.15, -0.1) is 0 Å². The molecule has 2 N–H and O–H groups in total. The monoisotopic (exact) mass is 381 g/mol. The second-order valence-corrected chi connectivity index (χ2v) is 6.52. The normalized spacial score (nSPS) is 21.6. The van der Waals surface area contributed by atoms with E-state index in [9.17, 15) is 0 Å². The predicted octanol–water partition coefficient (Wildman–Crippen LogP) is 4.74. The van der Waals surface area contributed by atoms with Gasteiger partial charge in [0.2, 0.25) is 0 Å². The lowest BCUT2D eigenvalue weighted by Crippen LogP contribution is -2.24. The average Bonchev–Trinajstić information content (AvgIpc) is 2.38. The molecule has 0 saturated heterocycles. The van der Waals surface area contributed by atoms with E-state index in [1.165, 1.54) is 0 Å². The summed E-state index contributed by atoms with van der Waals surface area (Å²) in [5.74, 6) is 0.873. The van der Waals surface area contributed by atoms with E-state index in [0.29, 0.717) is 0 Å². The maximum absolute atomic E-state index is 6.26. The number of nitrogens with two attached hydrogens (primary N) is 1. The van der Waals surface area contributed by atoms with Gasteiger partial charge in [0.25, 0.3) is 0 Å². The van der Waals surface area contributed by atoms with Crippen LogP contribution in [-0.2, 0) is 0 Å². The van der Waals surface area contributed by atoms with Crippen LogP contribution < -0.4 is 10.5 Å². The van der Waals surface area contributed by atoms with Gasteiger partial charge in [-0.3, -0.25) is 0 Å². The van der Waals surface area contributed by atoms with Gasteiger partial charge in [-0.1, -0.05) is 50.1 Å². The lowest BCUT2D eigenvalue weighted by molar-refractivity contribution is 0.161. The smallest absolute Gasteiger partial charge is 0.126 e. The summed E-state index contributed by atoms with van der Waals surface area (Å²) in [6, 6.07) is 14.2. The van der Waals surface area contributed by atoms with Crippen LogP contribution in [0.5, 0.6) is 5.75 Å². The molecule has 19 heavy (non-hydrogen) atoms. The van der Waals surface area contributed by atoms with Crippen molar-refractivity contribution in [1.29, 1.82) is 0 Å². The molecule has 3 rings (SSSR count). The minimum absolute atomic E-state index is 0.00861. The first-order valence-electron chi connectivity index (χ1n) is 6.10. The summed E-state index contributed by atoms with van der Waals surface area (Å²) in [7, 11) is 0. The quantitative estimate of drug-likeness (QED) is 0.773. The van der Waals surface area contributed by atoms with Gasteiger partial charge in [0.15, 0.2) is 0 Å². The van der Waals surface area contributed by atoms with Crippen molar-refractivity contribution in [2.24, 2.45) is 5.73 Å². The lowest BCUT2D eigenvalue weighted by atomic mass is 9.94. The van der Waals surface area contributed by atoms with Crippen LogP contribution in [0.1, 0.15) is 29.7 Å². The number of fused-ring (bicyclic) bond motifs is 1. The standard InChI is InChI=1S/C15H13Br2NO/c16-10-3-1-2-9(6-10)14-8-13(18)12-5-4-11(17)7-15(12)19-14/h1-7,13-14H,8,18H2/t13-,14?/m1/s1. The van der Waals surface area contributed by atoms with Crippen LogP contribution in [0.15, 0.2) is 51.4 Å². The van der Waals surface area contributed by atoms with Crippen LogP contribution in [0.25, 0.3) is 0 Å². The molecule has 98 valence electrons. The molecule has 0 fully saturated rings. The van der Waals surface area contributed by atoms with E-state index in [1.807, 2.05) is 30.3 Å². The molecular weight excluding hydrogens is 370 g/mol. The zero-order chi connectivity index (χ0) is 13.4. The van der Waals surface area contributed by atoms with Gasteiger partial charge in [0.1, 0.15) is 11.9 Å². The Morgan fingerprint density at radius 3 is 2.63 bits per heavy atom. The van der Waals surface area contributed by atoms with Crippen LogP contribution in [0.4, 0.5) is 0 Å². The molecule has 0 bridgehead atoms. The predicted molar refractivity (Wildman–Crippen MR) is 83.2 cm³/mol. The highest BCUT2D eigenvalue weighted by atomic mass is 79.9. The Balaban J connectivity index is 1.96. The van der Waals surface area contributed by atoms with Crippen LogP contribution in [-0.4, -0.2) is 0 Å². The first-order chi connectivity index (χ1) is 9.13. The average molecular weight is 383 g/mol. The van der Waals surface area contributed by atoms with Gasteiger partial charge < -0.3 is 10.5 Å². The zero-order valence-electron chi connectivity index (χ0n) is 10.1. The second-order valence-electron chi connectivity index (χ2n) is 4.69. The molecule has 0 amide bonds. The van der Waals surface area contributed by atoms with E-state index in [4.69, 9.17) is 10.5 Å². The highest BCUT2D eigenvalue weighted by molar-refractivity contribution is 9.10. The largest absolute Gasteiger partial charge is 0.485 e. The fourth-order valence-corrected chi connectivity index (χ4v) is 3.14. The molecule has 1 unspecified atom stereocenters. The van der Waals surface area contributed by atoms with Crippen molar-refractivity contribution < 1.29 is 4.74 Å². The van der Waals surface area contributed by atoms with Gasteiger partial charge in [0.05, 0.1) is 0 Å². The Hall–Kier alpha value is -0.840. The van der Waals surface area contributed by atoms with Gasteiger partial charge in [-0.05, 0) is 29.8 Å². The van der Waals surface area contributed by atoms with E-state index in [2.05, 4.69) is 44.0 Å². The maximum atomic E-state index is 6.26. The van der Waals surface area contributed by atoms with Crippen molar-refractivity contribution in [3.05, 3.63) is 62.5 Å². The second kappa shape index (κ2) is 5.27. The molecule has 1 aliphatic heterocycles. The van der Waals surface area contributed by atoms with E-state index in [0.717, 1.165) is 32.2 Å². The van der Waals surface area contributed by atoms with Crippen LogP contribution in [0.2, 0.25) is 0 Å². The highest BCUT2D eigenvalue weighted by Gasteiger charge is 2.27. The fraction of sp³-hybridized carbons (Fsp3) is 0.200. The SMILES string of the molecule is N[C@@H]1CC(c2cccc(Br)c2)Oc2cc(Br)ccc21. The Morgan fingerprint density at radius 2 is 1.84 bits per heavy atom. The molecule has 0 aliphatic carbocycles. The summed E-state index contributed by atoms with van der Waals surface area (Å²) in [5.41, 5.74) is 8.48. The van der Waals surface area contributed by atoms with Crippen molar-refractivity contribution in [2.45, 2.75) is 18.6 Å². The first kappa shape index (κ1) is 13.2. The molecule has 0 spiro atoms. The number of rotatable bonds is 1. The molecule has 0 radical (unpaired) electrons. The third-order valence-electron chi connectivity index (χ3n) is 3.33. The Morgan fingerprint density at radius 1 is 1.05 bits per heavy atom. The third-order valence-corrected chi connectivity index (χ3v) is 4.32. The highest BCUT2D eigenvalue weighted by Crippen LogP contribution is 2.41. The van der Waals surface area contributed by atoms with E-state index in [-0.39, 0.29) is 12.1 Å².